The molecule has 0 aromatic heterocycles. The Labute approximate surface area is 135 Å². The molecule has 120 valence electrons. The molecule has 0 bridgehead atoms. The van der Waals surface area contributed by atoms with Crippen LogP contribution in [0.25, 0.3) is 0 Å². The summed E-state index contributed by atoms with van der Waals surface area (Å²) >= 11 is 0. The minimum absolute atomic E-state index is 0.105. The number of benzene rings is 2. The SMILES string of the molecule is O=S(=O)(c1ccc2c(c1)OCO2)N1CCCC1c1ccccc1. The number of sulfonamides is 1. The first-order valence-electron chi connectivity index (χ1n) is 7.63. The van der Waals surface area contributed by atoms with Crippen molar-refractivity contribution in [1.82, 2.24) is 4.31 Å². The normalized spacial score (nSPS) is 20.8. The van der Waals surface area contributed by atoms with E-state index in [1.54, 1.807) is 22.5 Å². The second kappa shape index (κ2) is 5.54. The Morgan fingerprint density at radius 2 is 1.78 bits per heavy atom. The zero-order chi connectivity index (χ0) is 15.9. The van der Waals surface area contributed by atoms with Crippen molar-refractivity contribution in [2.24, 2.45) is 0 Å². The summed E-state index contributed by atoms with van der Waals surface area (Å²) in [6, 6.07) is 14.5. The van der Waals surface area contributed by atoms with Gasteiger partial charge in [0, 0.05) is 12.6 Å². The predicted octanol–water partition coefficient (Wildman–Crippen LogP) is 2.94. The largest absolute Gasteiger partial charge is 0.454 e. The number of ether oxygens (including phenoxy) is 2. The lowest BCUT2D eigenvalue weighted by atomic mass is 10.1. The van der Waals surface area contributed by atoms with E-state index in [0.29, 0.717) is 18.0 Å². The van der Waals surface area contributed by atoms with E-state index in [4.69, 9.17) is 9.47 Å². The number of hydrogen-bond acceptors (Lipinski definition) is 4. The zero-order valence-electron chi connectivity index (χ0n) is 12.5. The zero-order valence-corrected chi connectivity index (χ0v) is 13.3. The van der Waals surface area contributed by atoms with Crippen LogP contribution in [0.5, 0.6) is 11.5 Å². The molecular weight excluding hydrogens is 314 g/mol. The molecule has 0 aliphatic carbocycles. The third kappa shape index (κ3) is 2.48. The summed E-state index contributed by atoms with van der Waals surface area (Å²) in [6.07, 6.45) is 1.71. The minimum Gasteiger partial charge on any atom is -0.454 e. The van der Waals surface area contributed by atoms with Crippen molar-refractivity contribution in [3.05, 3.63) is 54.1 Å². The molecule has 2 heterocycles. The van der Waals surface area contributed by atoms with Gasteiger partial charge in [-0.3, -0.25) is 0 Å². The van der Waals surface area contributed by atoms with Crippen LogP contribution < -0.4 is 9.47 Å². The number of nitrogens with zero attached hydrogens (tertiary/aromatic N) is 1. The Morgan fingerprint density at radius 3 is 2.61 bits per heavy atom. The number of hydrogen-bond donors (Lipinski definition) is 0. The fraction of sp³-hybridized carbons (Fsp3) is 0.294. The maximum Gasteiger partial charge on any atom is 0.243 e. The highest BCUT2D eigenvalue weighted by molar-refractivity contribution is 7.89. The van der Waals surface area contributed by atoms with E-state index in [2.05, 4.69) is 0 Å². The van der Waals surface area contributed by atoms with Gasteiger partial charge >= 0.3 is 0 Å². The first-order chi connectivity index (χ1) is 11.2. The van der Waals surface area contributed by atoms with Crippen molar-refractivity contribution in [2.75, 3.05) is 13.3 Å². The Bertz CT molecular complexity index is 820. The van der Waals surface area contributed by atoms with Crippen LogP contribution in [0.1, 0.15) is 24.4 Å². The average Bonchev–Trinajstić information content (AvgIpc) is 3.24. The van der Waals surface area contributed by atoms with Gasteiger partial charge in [0.1, 0.15) is 0 Å². The quantitative estimate of drug-likeness (QED) is 0.868. The summed E-state index contributed by atoms with van der Waals surface area (Å²) in [5, 5.41) is 0. The molecule has 2 aliphatic heterocycles. The van der Waals surface area contributed by atoms with E-state index in [1.165, 1.54) is 0 Å². The number of rotatable bonds is 3. The molecule has 1 saturated heterocycles. The second-order valence-corrected chi connectivity index (χ2v) is 7.59. The smallest absolute Gasteiger partial charge is 0.243 e. The fourth-order valence-corrected chi connectivity index (χ4v) is 4.91. The monoisotopic (exact) mass is 331 g/mol. The molecule has 4 rings (SSSR count). The van der Waals surface area contributed by atoms with Crippen LogP contribution in [-0.2, 0) is 10.0 Å². The highest BCUT2D eigenvalue weighted by atomic mass is 32.2. The molecule has 0 N–H and O–H groups in total. The highest BCUT2D eigenvalue weighted by Gasteiger charge is 2.36. The second-order valence-electron chi connectivity index (χ2n) is 5.70. The highest BCUT2D eigenvalue weighted by Crippen LogP contribution is 2.39. The van der Waals surface area contributed by atoms with E-state index >= 15 is 0 Å². The van der Waals surface area contributed by atoms with Gasteiger partial charge in [0.05, 0.1) is 10.9 Å². The maximum absolute atomic E-state index is 13.0. The van der Waals surface area contributed by atoms with Crippen molar-refractivity contribution in [2.45, 2.75) is 23.8 Å². The van der Waals surface area contributed by atoms with E-state index < -0.39 is 10.0 Å². The summed E-state index contributed by atoms with van der Waals surface area (Å²) in [5.41, 5.74) is 1.04. The summed E-state index contributed by atoms with van der Waals surface area (Å²) in [5.74, 6) is 1.08. The lowest BCUT2D eigenvalue weighted by Crippen LogP contribution is -2.30. The van der Waals surface area contributed by atoms with Crippen molar-refractivity contribution in [3.63, 3.8) is 0 Å². The summed E-state index contributed by atoms with van der Waals surface area (Å²) in [4.78, 5) is 0.254. The van der Waals surface area contributed by atoms with Gasteiger partial charge in [-0.05, 0) is 30.5 Å². The standard InChI is InChI=1S/C17H17NO4S/c19-23(20,14-8-9-16-17(11-14)22-12-21-16)18-10-4-7-15(18)13-5-2-1-3-6-13/h1-3,5-6,8-9,11,15H,4,7,10,12H2. The van der Waals surface area contributed by atoms with Crippen LogP contribution >= 0.6 is 0 Å². The van der Waals surface area contributed by atoms with Crippen LogP contribution in [-0.4, -0.2) is 26.1 Å². The molecule has 6 heteroatoms. The van der Waals surface area contributed by atoms with Crippen LogP contribution in [0.15, 0.2) is 53.4 Å². The van der Waals surface area contributed by atoms with Gasteiger partial charge in [-0.1, -0.05) is 30.3 Å². The molecule has 0 radical (unpaired) electrons. The van der Waals surface area contributed by atoms with E-state index in [0.717, 1.165) is 18.4 Å². The molecule has 1 fully saturated rings. The topological polar surface area (TPSA) is 55.8 Å². The first-order valence-corrected chi connectivity index (χ1v) is 9.07. The minimum atomic E-state index is -3.56. The molecule has 2 aliphatic rings. The molecule has 1 unspecified atom stereocenters. The Kier molecular flexibility index (Phi) is 3.50. The molecule has 0 spiro atoms. The van der Waals surface area contributed by atoms with Gasteiger partial charge < -0.3 is 9.47 Å². The van der Waals surface area contributed by atoms with Gasteiger partial charge in [-0.25, -0.2) is 8.42 Å². The van der Waals surface area contributed by atoms with Crippen molar-refractivity contribution in [1.29, 1.82) is 0 Å². The molecule has 0 saturated carbocycles. The van der Waals surface area contributed by atoms with Gasteiger partial charge in [0.2, 0.25) is 16.8 Å². The summed E-state index contributed by atoms with van der Waals surface area (Å²) in [6.45, 7) is 0.672. The maximum atomic E-state index is 13.0. The van der Waals surface area contributed by atoms with Gasteiger partial charge in [-0.15, -0.1) is 0 Å². The molecule has 2 aromatic carbocycles. The Morgan fingerprint density at radius 1 is 1.00 bits per heavy atom. The predicted molar refractivity (Wildman–Crippen MR) is 84.9 cm³/mol. The number of fused-ring (bicyclic) bond motifs is 1. The first kappa shape index (κ1) is 14.5. The van der Waals surface area contributed by atoms with Gasteiger partial charge in [-0.2, -0.15) is 4.31 Å². The molecular formula is C17H17NO4S. The van der Waals surface area contributed by atoms with E-state index in [1.807, 2.05) is 30.3 Å². The molecule has 2 aromatic rings. The van der Waals surface area contributed by atoms with Crippen molar-refractivity contribution < 1.29 is 17.9 Å². The van der Waals surface area contributed by atoms with Crippen LogP contribution in [0, 0.1) is 0 Å². The van der Waals surface area contributed by atoms with E-state index in [-0.39, 0.29) is 17.7 Å². The third-order valence-electron chi connectivity index (χ3n) is 4.34. The molecule has 5 nitrogen and oxygen atoms in total. The van der Waals surface area contributed by atoms with Crippen molar-refractivity contribution in [3.8, 4) is 11.5 Å². The lowest BCUT2D eigenvalue weighted by molar-refractivity contribution is 0.174. The Hall–Kier alpha value is -2.05. The van der Waals surface area contributed by atoms with Crippen LogP contribution in [0.4, 0.5) is 0 Å². The van der Waals surface area contributed by atoms with Crippen LogP contribution in [0.3, 0.4) is 0 Å². The van der Waals surface area contributed by atoms with Crippen LogP contribution in [0.2, 0.25) is 0 Å². The third-order valence-corrected chi connectivity index (χ3v) is 6.24. The summed E-state index contributed by atoms with van der Waals surface area (Å²) < 4.78 is 38.2. The molecule has 0 amide bonds. The van der Waals surface area contributed by atoms with Crippen molar-refractivity contribution >= 4 is 10.0 Å². The fourth-order valence-electron chi connectivity index (χ4n) is 3.21. The van der Waals surface area contributed by atoms with Gasteiger partial charge in [0.25, 0.3) is 0 Å². The summed E-state index contributed by atoms with van der Waals surface area (Å²) in [7, 11) is -3.56. The lowest BCUT2D eigenvalue weighted by Gasteiger charge is -2.24. The molecule has 23 heavy (non-hydrogen) atoms. The molecule has 1 atom stereocenters. The van der Waals surface area contributed by atoms with Gasteiger partial charge in [0.15, 0.2) is 11.5 Å². The average molecular weight is 331 g/mol. The Balaban J connectivity index is 1.70. The van der Waals surface area contributed by atoms with E-state index in [9.17, 15) is 8.42 Å².